The van der Waals surface area contributed by atoms with Gasteiger partial charge in [-0.25, -0.2) is 13.6 Å². The van der Waals surface area contributed by atoms with Gasteiger partial charge in [0.05, 0.1) is 6.54 Å². The molecule has 0 aromatic heterocycles. The van der Waals surface area contributed by atoms with E-state index in [1.54, 1.807) is 0 Å². The van der Waals surface area contributed by atoms with Gasteiger partial charge < -0.3 is 10.1 Å². The second kappa shape index (κ2) is 7.62. The van der Waals surface area contributed by atoms with Crippen molar-refractivity contribution in [1.29, 1.82) is 0 Å². The van der Waals surface area contributed by atoms with Crippen LogP contribution in [0, 0.1) is 11.6 Å². The van der Waals surface area contributed by atoms with E-state index in [-0.39, 0.29) is 37.4 Å². The Kier molecular flexibility index (Phi) is 5.56. The molecule has 3 amide bonds. The fourth-order valence-corrected chi connectivity index (χ4v) is 2.03. The van der Waals surface area contributed by atoms with E-state index in [4.69, 9.17) is 4.74 Å². The minimum Gasteiger partial charge on any atom is -0.457 e. The molecular weight excluding hydrogens is 326 g/mol. The normalized spacial score (nSPS) is 13.8. The number of ketones is 1. The third-order valence-corrected chi connectivity index (χ3v) is 3.31. The molecule has 128 valence electrons. The SMILES string of the molecule is O=C(CCCN1C(=O)CNC1=O)OCC(=O)c1ccc(F)c(F)c1. The highest BCUT2D eigenvalue weighted by Gasteiger charge is 2.27. The van der Waals surface area contributed by atoms with E-state index in [0.717, 1.165) is 23.1 Å². The first-order chi connectivity index (χ1) is 11.4. The van der Waals surface area contributed by atoms with E-state index in [9.17, 15) is 28.0 Å². The Balaban J connectivity index is 1.72. The molecule has 0 spiro atoms. The Labute approximate surface area is 135 Å². The molecule has 1 aliphatic heterocycles. The van der Waals surface area contributed by atoms with Gasteiger partial charge in [0.1, 0.15) is 0 Å². The Morgan fingerprint density at radius 2 is 1.96 bits per heavy atom. The monoisotopic (exact) mass is 340 g/mol. The molecule has 24 heavy (non-hydrogen) atoms. The fourth-order valence-electron chi connectivity index (χ4n) is 2.03. The van der Waals surface area contributed by atoms with Gasteiger partial charge in [0.15, 0.2) is 24.0 Å². The average Bonchev–Trinajstić information content (AvgIpc) is 2.87. The van der Waals surface area contributed by atoms with Gasteiger partial charge in [-0.05, 0) is 24.6 Å². The third kappa shape index (κ3) is 4.34. The summed E-state index contributed by atoms with van der Waals surface area (Å²) < 4.78 is 30.5. The molecule has 2 rings (SSSR count). The van der Waals surface area contributed by atoms with E-state index in [1.807, 2.05) is 0 Å². The average molecular weight is 340 g/mol. The zero-order valence-corrected chi connectivity index (χ0v) is 12.5. The number of urea groups is 1. The molecule has 0 bridgehead atoms. The Morgan fingerprint density at radius 3 is 2.58 bits per heavy atom. The molecule has 0 atom stereocenters. The van der Waals surface area contributed by atoms with Crippen molar-refractivity contribution in [3.63, 3.8) is 0 Å². The molecule has 0 aliphatic carbocycles. The largest absolute Gasteiger partial charge is 0.457 e. The van der Waals surface area contributed by atoms with Gasteiger partial charge in [0.2, 0.25) is 5.91 Å². The van der Waals surface area contributed by atoms with Crippen LogP contribution in [0.4, 0.5) is 13.6 Å². The topological polar surface area (TPSA) is 92.8 Å². The van der Waals surface area contributed by atoms with Crippen LogP contribution >= 0.6 is 0 Å². The first-order valence-corrected chi connectivity index (χ1v) is 7.10. The van der Waals surface area contributed by atoms with E-state index in [2.05, 4.69) is 5.32 Å². The highest BCUT2D eigenvalue weighted by molar-refractivity contribution is 6.02. The van der Waals surface area contributed by atoms with E-state index < -0.39 is 36.0 Å². The summed E-state index contributed by atoms with van der Waals surface area (Å²) in [5, 5.41) is 2.34. The van der Waals surface area contributed by atoms with Crippen LogP contribution in [0.2, 0.25) is 0 Å². The molecule has 1 fully saturated rings. The molecule has 1 N–H and O–H groups in total. The van der Waals surface area contributed by atoms with Crippen molar-refractivity contribution in [1.82, 2.24) is 10.2 Å². The van der Waals surface area contributed by atoms with Crippen LogP contribution in [0.1, 0.15) is 23.2 Å². The highest BCUT2D eigenvalue weighted by atomic mass is 19.2. The second-order valence-corrected chi connectivity index (χ2v) is 5.02. The maximum absolute atomic E-state index is 13.0. The number of hydrogen-bond donors (Lipinski definition) is 1. The number of imide groups is 1. The molecule has 1 heterocycles. The van der Waals surface area contributed by atoms with Crippen molar-refractivity contribution in [3.8, 4) is 0 Å². The van der Waals surface area contributed by atoms with Gasteiger partial charge in [-0.3, -0.25) is 19.3 Å². The van der Waals surface area contributed by atoms with Crippen LogP contribution in [-0.2, 0) is 14.3 Å². The maximum atomic E-state index is 13.0. The predicted octanol–water partition coefficient (Wildman–Crippen LogP) is 1.02. The zero-order chi connectivity index (χ0) is 17.7. The summed E-state index contributed by atoms with van der Waals surface area (Å²) in [6.45, 7) is -0.601. The van der Waals surface area contributed by atoms with Crippen LogP contribution in [0.25, 0.3) is 0 Å². The first kappa shape index (κ1) is 17.5. The van der Waals surface area contributed by atoms with Gasteiger partial charge in [-0.15, -0.1) is 0 Å². The molecular formula is C15H14F2N2O5. The van der Waals surface area contributed by atoms with Gasteiger partial charge in [0.25, 0.3) is 0 Å². The van der Waals surface area contributed by atoms with Crippen LogP contribution in [-0.4, -0.2) is 48.3 Å². The molecule has 1 aromatic rings. The third-order valence-electron chi connectivity index (χ3n) is 3.31. The molecule has 1 saturated heterocycles. The summed E-state index contributed by atoms with van der Waals surface area (Å²) in [6, 6.07) is 2.11. The molecule has 9 heteroatoms. The quantitative estimate of drug-likeness (QED) is 0.454. The van der Waals surface area contributed by atoms with Gasteiger partial charge in [0, 0.05) is 18.5 Å². The standard InChI is InChI=1S/C15H14F2N2O5/c16-10-4-3-9(6-11(10)17)12(20)8-24-14(22)2-1-5-19-13(21)7-18-15(19)23/h3-4,6H,1-2,5,7-8H2,(H,18,23). The summed E-state index contributed by atoms with van der Waals surface area (Å²) in [5.74, 6) is -3.99. The highest BCUT2D eigenvalue weighted by Crippen LogP contribution is 2.10. The Morgan fingerprint density at radius 1 is 1.21 bits per heavy atom. The summed E-state index contributed by atoms with van der Waals surface area (Å²) in [7, 11) is 0. The number of halogens is 2. The molecule has 0 unspecified atom stereocenters. The van der Waals surface area contributed by atoms with Gasteiger partial charge >= 0.3 is 12.0 Å². The molecule has 0 saturated carbocycles. The predicted molar refractivity (Wildman–Crippen MR) is 76.0 cm³/mol. The van der Waals surface area contributed by atoms with Gasteiger partial charge in [-0.2, -0.15) is 0 Å². The number of benzene rings is 1. The second-order valence-electron chi connectivity index (χ2n) is 5.02. The molecule has 1 aromatic carbocycles. The number of esters is 1. The lowest BCUT2D eigenvalue weighted by molar-refractivity contribution is -0.142. The maximum Gasteiger partial charge on any atom is 0.324 e. The molecule has 1 aliphatic rings. The van der Waals surface area contributed by atoms with Crippen LogP contribution in [0.5, 0.6) is 0 Å². The van der Waals surface area contributed by atoms with Crippen LogP contribution < -0.4 is 5.32 Å². The minimum absolute atomic E-state index is 0.0635. The zero-order valence-electron chi connectivity index (χ0n) is 12.5. The van der Waals surface area contributed by atoms with Crippen molar-refractivity contribution in [2.45, 2.75) is 12.8 Å². The molecule has 7 nitrogen and oxygen atoms in total. The lowest BCUT2D eigenvalue weighted by Crippen LogP contribution is -2.32. The Hall–Kier alpha value is -2.84. The number of nitrogens with one attached hydrogen (secondary N) is 1. The summed E-state index contributed by atoms with van der Waals surface area (Å²) >= 11 is 0. The van der Waals surface area contributed by atoms with Crippen molar-refractivity contribution < 1.29 is 32.7 Å². The number of rotatable bonds is 7. The lowest BCUT2D eigenvalue weighted by Gasteiger charge is -2.11. The summed E-state index contributed by atoms with van der Waals surface area (Å²) in [6.07, 6.45) is 0.0967. The van der Waals surface area contributed by atoms with Crippen LogP contribution in [0.15, 0.2) is 18.2 Å². The number of amides is 3. The van der Waals surface area contributed by atoms with Crippen molar-refractivity contribution >= 4 is 23.7 Å². The number of carbonyl (C=O) groups is 4. The number of ether oxygens (including phenoxy) is 1. The summed E-state index contributed by atoms with van der Waals surface area (Å²) in [5.41, 5.74) is -0.110. The number of hydrogen-bond acceptors (Lipinski definition) is 5. The van der Waals surface area contributed by atoms with Crippen LogP contribution in [0.3, 0.4) is 0 Å². The number of carbonyl (C=O) groups excluding carboxylic acids is 4. The smallest absolute Gasteiger partial charge is 0.324 e. The fraction of sp³-hybridized carbons (Fsp3) is 0.333. The van der Waals surface area contributed by atoms with Gasteiger partial charge in [-0.1, -0.05) is 0 Å². The van der Waals surface area contributed by atoms with E-state index >= 15 is 0 Å². The minimum atomic E-state index is -1.17. The first-order valence-electron chi connectivity index (χ1n) is 7.10. The lowest BCUT2D eigenvalue weighted by atomic mass is 10.1. The van der Waals surface area contributed by atoms with Crippen molar-refractivity contribution in [3.05, 3.63) is 35.4 Å². The Bertz CT molecular complexity index is 676. The van der Waals surface area contributed by atoms with E-state index in [0.29, 0.717) is 0 Å². The summed E-state index contributed by atoms with van der Waals surface area (Å²) in [4.78, 5) is 46.8. The van der Waals surface area contributed by atoms with Crippen molar-refractivity contribution in [2.24, 2.45) is 0 Å². The van der Waals surface area contributed by atoms with E-state index in [1.165, 1.54) is 0 Å². The molecule has 0 radical (unpaired) electrons. The number of nitrogens with zero attached hydrogens (tertiary/aromatic N) is 1. The van der Waals surface area contributed by atoms with Crippen molar-refractivity contribution in [2.75, 3.05) is 19.7 Å². The number of Topliss-reactive ketones (excluding diaryl/α,β-unsaturated/α-hetero) is 1.